The number of nitrogen functional groups attached to an aromatic ring is 2. The SMILES string of the molecule is CCC(C)CC(C)(CC(C)CC)C1CCN(c2nc(N)nc(N)n2)C1. The van der Waals surface area contributed by atoms with E-state index < -0.39 is 0 Å². The van der Waals surface area contributed by atoms with Crippen molar-refractivity contribution in [2.45, 2.75) is 66.7 Å². The fourth-order valence-corrected chi connectivity index (χ4v) is 4.35. The predicted octanol–water partition coefficient (Wildman–Crippen LogP) is 3.74. The molecule has 6 heteroatoms. The van der Waals surface area contributed by atoms with Crippen molar-refractivity contribution in [3.63, 3.8) is 0 Å². The van der Waals surface area contributed by atoms with E-state index in [1.165, 1.54) is 32.1 Å². The van der Waals surface area contributed by atoms with Crippen LogP contribution in [0.15, 0.2) is 0 Å². The van der Waals surface area contributed by atoms with Gasteiger partial charge in [0.05, 0.1) is 0 Å². The lowest BCUT2D eigenvalue weighted by molar-refractivity contribution is 0.115. The molecule has 0 aliphatic carbocycles. The Morgan fingerprint density at radius 2 is 1.56 bits per heavy atom. The zero-order valence-electron chi connectivity index (χ0n) is 16.6. The fourth-order valence-electron chi connectivity index (χ4n) is 4.35. The van der Waals surface area contributed by atoms with Gasteiger partial charge in [-0.05, 0) is 42.4 Å². The van der Waals surface area contributed by atoms with Crippen LogP contribution in [0.1, 0.15) is 66.7 Å². The van der Waals surface area contributed by atoms with Crippen molar-refractivity contribution in [1.29, 1.82) is 0 Å². The number of nitrogens with zero attached hydrogens (tertiary/aromatic N) is 4. The van der Waals surface area contributed by atoms with Gasteiger partial charge in [-0.25, -0.2) is 0 Å². The molecule has 3 atom stereocenters. The summed E-state index contributed by atoms with van der Waals surface area (Å²) in [5.74, 6) is 3.19. The number of rotatable bonds is 8. The van der Waals surface area contributed by atoms with Gasteiger partial charge in [-0.1, -0.05) is 47.5 Å². The molecule has 25 heavy (non-hydrogen) atoms. The Balaban J connectivity index is 2.16. The Morgan fingerprint density at radius 3 is 2.04 bits per heavy atom. The van der Waals surface area contributed by atoms with Crippen LogP contribution >= 0.6 is 0 Å². The topological polar surface area (TPSA) is 94.0 Å². The van der Waals surface area contributed by atoms with Crippen LogP contribution in [0.3, 0.4) is 0 Å². The first kappa shape index (κ1) is 19.7. The maximum absolute atomic E-state index is 5.75. The highest BCUT2D eigenvalue weighted by atomic mass is 15.3. The van der Waals surface area contributed by atoms with Crippen LogP contribution in [0.5, 0.6) is 0 Å². The molecule has 0 bridgehead atoms. The molecule has 2 heterocycles. The van der Waals surface area contributed by atoms with Crippen molar-refractivity contribution in [3.05, 3.63) is 0 Å². The Labute approximate surface area is 152 Å². The van der Waals surface area contributed by atoms with Crippen molar-refractivity contribution in [2.75, 3.05) is 29.5 Å². The average molecular weight is 349 g/mol. The summed E-state index contributed by atoms with van der Waals surface area (Å²) in [7, 11) is 0. The zero-order chi connectivity index (χ0) is 18.6. The van der Waals surface area contributed by atoms with Crippen molar-refractivity contribution in [2.24, 2.45) is 23.2 Å². The Kier molecular flexibility index (Phi) is 6.47. The van der Waals surface area contributed by atoms with Crippen LogP contribution in [-0.4, -0.2) is 28.0 Å². The van der Waals surface area contributed by atoms with Gasteiger partial charge in [0.1, 0.15) is 0 Å². The van der Waals surface area contributed by atoms with Gasteiger partial charge in [-0.2, -0.15) is 15.0 Å². The largest absolute Gasteiger partial charge is 0.368 e. The van der Waals surface area contributed by atoms with Gasteiger partial charge in [-0.3, -0.25) is 0 Å². The second-order valence-electron chi connectivity index (χ2n) is 8.37. The highest BCUT2D eigenvalue weighted by Crippen LogP contribution is 2.45. The molecular weight excluding hydrogens is 312 g/mol. The van der Waals surface area contributed by atoms with E-state index >= 15 is 0 Å². The molecule has 1 fully saturated rings. The molecular formula is C19H36N6. The monoisotopic (exact) mass is 348 g/mol. The van der Waals surface area contributed by atoms with E-state index in [4.69, 9.17) is 11.5 Å². The Bertz CT molecular complexity index is 529. The maximum atomic E-state index is 5.75. The van der Waals surface area contributed by atoms with Gasteiger partial charge in [-0.15, -0.1) is 0 Å². The first-order valence-electron chi connectivity index (χ1n) is 9.79. The molecule has 0 spiro atoms. The Hall–Kier alpha value is -1.59. The summed E-state index contributed by atoms with van der Waals surface area (Å²) < 4.78 is 0. The molecule has 0 saturated carbocycles. The number of hydrogen-bond acceptors (Lipinski definition) is 6. The normalized spacial score (nSPS) is 22.6. The lowest BCUT2D eigenvalue weighted by Crippen LogP contribution is -2.34. The van der Waals surface area contributed by atoms with E-state index in [0.717, 1.165) is 24.9 Å². The molecule has 4 N–H and O–H groups in total. The second-order valence-corrected chi connectivity index (χ2v) is 8.37. The second kappa shape index (κ2) is 8.19. The lowest BCUT2D eigenvalue weighted by atomic mass is 9.66. The molecule has 0 radical (unpaired) electrons. The molecule has 1 aromatic heterocycles. The van der Waals surface area contributed by atoms with E-state index in [0.29, 0.717) is 17.3 Å². The maximum Gasteiger partial charge on any atom is 0.231 e. The molecule has 0 aromatic carbocycles. The van der Waals surface area contributed by atoms with Gasteiger partial charge >= 0.3 is 0 Å². The number of hydrogen-bond donors (Lipinski definition) is 2. The molecule has 6 nitrogen and oxygen atoms in total. The third-order valence-electron chi connectivity index (χ3n) is 6.14. The molecule has 1 aliphatic heterocycles. The first-order valence-corrected chi connectivity index (χ1v) is 9.79. The van der Waals surface area contributed by atoms with E-state index in [-0.39, 0.29) is 11.9 Å². The minimum atomic E-state index is 0.202. The van der Waals surface area contributed by atoms with Crippen molar-refractivity contribution < 1.29 is 0 Å². The van der Waals surface area contributed by atoms with E-state index in [1.54, 1.807) is 0 Å². The van der Waals surface area contributed by atoms with Crippen LogP contribution in [-0.2, 0) is 0 Å². The highest BCUT2D eigenvalue weighted by molar-refractivity contribution is 5.40. The van der Waals surface area contributed by atoms with E-state index in [2.05, 4.69) is 54.5 Å². The number of nitrogens with two attached hydrogens (primary N) is 2. The summed E-state index contributed by atoms with van der Waals surface area (Å²) in [4.78, 5) is 14.7. The van der Waals surface area contributed by atoms with Gasteiger partial charge in [0.25, 0.3) is 0 Å². The predicted molar refractivity (Wildman–Crippen MR) is 105 cm³/mol. The van der Waals surface area contributed by atoms with Gasteiger partial charge in [0, 0.05) is 13.1 Å². The van der Waals surface area contributed by atoms with Crippen molar-refractivity contribution in [1.82, 2.24) is 15.0 Å². The first-order chi connectivity index (χ1) is 11.8. The Morgan fingerprint density at radius 1 is 1.04 bits per heavy atom. The summed E-state index contributed by atoms with van der Waals surface area (Å²) in [5, 5.41) is 0. The van der Waals surface area contributed by atoms with Gasteiger partial charge in [0.15, 0.2) is 0 Å². The molecule has 3 unspecified atom stereocenters. The molecule has 1 aromatic rings. The average Bonchev–Trinajstić information content (AvgIpc) is 3.04. The summed E-state index contributed by atoms with van der Waals surface area (Å²) in [5.41, 5.74) is 11.8. The van der Waals surface area contributed by atoms with Gasteiger partial charge < -0.3 is 16.4 Å². The highest BCUT2D eigenvalue weighted by Gasteiger charge is 2.40. The fraction of sp³-hybridized carbons (Fsp3) is 0.842. The quantitative estimate of drug-likeness (QED) is 0.743. The minimum Gasteiger partial charge on any atom is -0.368 e. The molecule has 1 saturated heterocycles. The smallest absolute Gasteiger partial charge is 0.231 e. The number of aromatic nitrogens is 3. The van der Waals surface area contributed by atoms with Crippen LogP contribution in [0.25, 0.3) is 0 Å². The molecule has 142 valence electrons. The summed E-state index contributed by atoms with van der Waals surface area (Å²) in [6.45, 7) is 13.8. The summed E-state index contributed by atoms with van der Waals surface area (Å²) >= 11 is 0. The van der Waals surface area contributed by atoms with E-state index in [1.807, 2.05) is 0 Å². The zero-order valence-corrected chi connectivity index (χ0v) is 16.6. The van der Waals surface area contributed by atoms with Crippen molar-refractivity contribution >= 4 is 17.8 Å². The van der Waals surface area contributed by atoms with Crippen LogP contribution < -0.4 is 16.4 Å². The third kappa shape index (κ3) is 4.95. The lowest BCUT2D eigenvalue weighted by Gasteiger charge is -2.40. The van der Waals surface area contributed by atoms with Crippen molar-refractivity contribution in [3.8, 4) is 0 Å². The number of anilines is 3. The van der Waals surface area contributed by atoms with Gasteiger partial charge in [0.2, 0.25) is 17.8 Å². The minimum absolute atomic E-state index is 0.202. The molecule has 0 amide bonds. The van der Waals surface area contributed by atoms with Crippen LogP contribution in [0.4, 0.5) is 17.8 Å². The van der Waals surface area contributed by atoms with Crippen LogP contribution in [0, 0.1) is 23.2 Å². The summed E-state index contributed by atoms with van der Waals surface area (Å²) in [6, 6.07) is 0. The molecule has 1 aliphatic rings. The summed E-state index contributed by atoms with van der Waals surface area (Å²) in [6.07, 6.45) is 6.23. The van der Waals surface area contributed by atoms with Crippen LogP contribution in [0.2, 0.25) is 0 Å². The van der Waals surface area contributed by atoms with E-state index in [9.17, 15) is 0 Å². The molecule has 2 rings (SSSR count). The third-order valence-corrected chi connectivity index (χ3v) is 6.14. The standard InChI is InChI=1S/C19H36N6/c1-6-13(3)10-19(5,11-14(4)7-2)15-8-9-25(12-15)18-23-16(20)22-17(21)24-18/h13-15H,6-12H2,1-5H3,(H4,20,21,22,23,24).